The van der Waals surface area contributed by atoms with Gasteiger partial charge in [-0.1, -0.05) is 18.7 Å². The predicted molar refractivity (Wildman–Crippen MR) is 153 cm³/mol. The molecule has 0 N–H and O–H groups in total. The first kappa shape index (κ1) is 30.8. The summed E-state index contributed by atoms with van der Waals surface area (Å²) in [4.78, 5) is 1.63. The van der Waals surface area contributed by atoms with E-state index in [0.717, 1.165) is 5.54 Å². The number of benzene rings is 2. The van der Waals surface area contributed by atoms with E-state index in [1.165, 1.54) is 34.2 Å². The van der Waals surface area contributed by atoms with Crippen LogP contribution in [0.3, 0.4) is 0 Å². The minimum Gasteiger partial charge on any atom is -1.00 e. The van der Waals surface area contributed by atoms with E-state index in [9.17, 15) is 0 Å². The number of rotatable bonds is 4. The largest absolute Gasteiger partial charge is 1.00 e. The molecule has 2 aliphatic carbocycles. The van der Waals surface area contributed by atoms with Crippen LogP contribution in [0.15, 0.2) is 65.1 Å². The van der Waals surface area contributed by atoms with E-state index in [1.54, 1.807) is 51.5 Å². The Balaban J connectivity index is 0.000000229. The molecule has 0 saturated carbocycles. The number of halogens is 2. The summed E-state index contributed by atoms with van der Waals surface area (Å²) in [6.45, 7) is 16.5. The standard InChI is InChI=1S/C22H25.C10H12SSi.2ClH.Zr/c1-5-16(4)17-9-11-18(12-10-17)21-8-6-7-19-13-20(15(2)3)14-22(19)21;1-6-9-7-4-5-11-8(7)10(6)12(9,2)3;;;/h6-16H,5H2,1-4H3;4-5,9H,1-3H3;2*1H;/q;;;;+2/p-2. The van der Waals surface area contributed by atoms with Crippen LogP contribution in [-0.4, -0.2) is 8.07 Å². The van der Waals surface area contributed by atoms with Crippen molar-refractivity contribution in [1.29, 1.82) is 0 Å². The zero-order valence-electron chi connectivity index (χ0n) is 23.0. The van der Waals surface area contributed by atoms with E-state index in [0.29, 0.717) is 15.5 Å². The van der Waals surface area contributed by atoms with Crippen molar-refractivity contribution in [2.45, 2.75) is 69.2 Å². The molecule has 0 saturated heterocycles. The van der Waals surface area contributed by atoms with Crippen LogP contribution >= 0.6 is 11.3 Å². The fraction of sp³-hybridized carbons (Fsp3) is 0.375. The molecule has 0 amide bonds. The summed E-state index contributed by atoms with van der Waals surface area (Å²) in [6.07, 6.45) is 3.65. The third-order valence-corrected chi connectivity index (χ3v) is 15.4. The Kier molecular flexibility index (Phi) is 9.84. The van der Waals surface area contributed by atoms with Crippen molar-refractivity contribution >= 4 is 30.7 Å². The van der Waals surface area contributed by atoms with Crippen molar-refractivity contribution in [3.8, 4) is 11.1 Å². The zero-order chi connectivity index (χ0) is 25.1. The third kappa shape index (κ3) is 5.14. The summed E-state index contributed by atoms with van der Waals surface area (Å²) in [6, 6.07) is 18.4. The molecule has 2 bridgehead atoms. The van der Waals surface area contributed by atoms with Crippen LogP contribution < -0.4 is 24.8 Å². The van der Waals surface area contributed by atoms with Gasteiger partial charge in [-0.25, -0.2) is 0 Å². The van der Waals surface area contributed by atoms with Gasteiger partial charge in [-0.3, -0.25) is 0 Å². The van der Waals surface area contributed by atoms with Gasteiger partial charge in [-0.2, -0.15) is 0 Å². The number of hydrogen-bond acceptors (Lipinski definition) is 1. The normalized spacial score (nSPS) is 20.5. The Labute approximate surface area is 256 Å². The summed E-state index contributed by atoms with van der Waals surface area (Å²) in [5.41, 5.74) is 13.0. The van der Waals surface area contributed by atoms with Crippen LogP contribution in [0.2, 0.25) is 13.1 Å². The number of hydrogen-bond donors (Lipinski definition) is 0. The minimum atomic E-state index is -0.972. The maximum atomic E-state index is 2.51. The van der Waals surface area contributed by atoms with E-state index in [2.05, 4.69) is 108 Å². The van der Waals surface area contributed by atoms with E-state index in [-0.39, 0.29) is 24.8 Å². The van der Waals surface area contributed by atoms with E-state index >= 15 is 0 Å². The maximum Gasteiger partial charge on any atom is -1.00 e. The van der Waals surface area contributed by atoms with Crippen LogP contribution in [0.25, 0.3) is 22.4 Å². The van der Waals surface area contributed by atoms with Crippen molar-refractivity contribution in [1.82, 2.24) is 0 Å². The fourth-order valence-electron chi connectivity index (χ4n) is 6.51. The van der Waals surface area contributed by atoms with E-state index in [1.807, 2.05) is 11.3 Å². The molecule has 3 aromatic rings. The topological polar surface area (TPSA) is 0 Å². The van der Waals surface area contributed by atoms with Gasteiger partial charge in [0.2, 0.25) is 0 Å². The van der Waals surface area contributed by atoms with Crippen LogP contribution in [0, 0.1) is 5.92 Å². The summed E-state index contributed by atoms with van der Waals surface area (Å²) in [5, 5.41) is 4.02. The van der Waals surface area contributed by atoms with Gasteiger partial charge >= 0.3 is 156 Å². The number of fused-ring (bicyclic) bond motifs is 1. The van der Waals surface area contributed by atoms with Gasteiger partial charge < -0.3 is 24.8 Å². The first-order valence-corrected chi connectivity index (χ1v) is 18.5. The quantitative estimate of drug-likeness (QED) is 0.378. The summed E-state index contributed by atoms with van der Waals surface area (Å²) >= 11 is 3.55. The molecule has 3 unspecified atom stereocenters. The Morgan fingerprint density at radius 2 is 1.62 bits per heavy atom. The van der Waals surface area contributed by atoms with Crippen LogP contribution in [0.4, 0.5) is 0 Å². The molecular weight excluding hydrogens is 607 g/mol. The monoisotopic (exact) mass is 641 g/mol. The molecule has 0 nitrogen and oxygen atoms in total. The van der Waals surface area contributed by atoms with Crippen molar-refractivity contribution in [3.05, 3.63) is 92.2 Å². The second-order valence-electron chi connectivity index (χ2n) is 11.4. The number of thiophene rings is 1. The van der Waals surface area contributed by atoms with Gasteiger partial charge in [0.25, 0.3) is 0 Å². The molecule has 3 heterocycles. The molecule has 4 aliphatic rings. The molecule has 193 valence electrons. The molecule has 3 atom stereocenters. The van der Waals surface area contributed by atoms with Crippen molar-refractivity contribution in [3.63, 3.8) is 0 Å². The molecule has 0 spiro atoms. The van der Waals surface area contributed by atoms with Crippen LogP contribution in [0.1, 0.15) is 83.3 Å². The van der Waals surface area contributed by atoms with E-state index in [4.69, 9.17) is 0 Å². The first-order valence-electron chi connectivity index (χ1n) is 13.1. The second kappa shape index (κ2) is 11.8. The van der Waals surface area contributed by atoms with Crippen LogP contribution in [0.5, 0.6) is 0 Å². The Bertz CT molecular complexity index is 1330. The molecule has 0 fully saturated rings. The fourth-order valence-corrected chi connectivity index (χ4v) is 14.4. The predicted octanol–water partition coefficient (Wildman–Crippen LogP) is 3.94. The van der Waals surface area contributed by atoms with Gasteiger partial charge in [0.1, 0.15) is 0 Å². The smallest absolute Gasteiger partial charge is 1.00 e. The molecule has 1 aromatic heterocycles. The van der Waals surface area contributed by atoms with E-state index < -0.39 is 8.07 Å². The molecule has 2 aliphatic heterocycles. The molecule has 0 radical (unpaired) electrons. The third-order valence-electron chi connectivity index (χ3n) is 8.59. The molecular formula is C32H37Cl2SSiZr. The Morgan fingerprint density at radius 3 is 2.19 bits per heavy atom. The Hall–Kier alpha value is -0.700. The van der Waals surface area contributed by atoms with Gasteiger partial charge in [0, 0.05) is 10.4 Å². The van der Waals surface area contributed by atoms with Crippen molar-refractivity contribution < 1.29 is 49.5 Å². The Morgan fingerprint density at radius 1 is 0.946 bits per heavy atom. The van der Waals surface area contributed by atoms with Gasteiger partial charge in [0.15, 0.2) is 0 Å². The minimum absolute atomic E-state index is 0. The van der Waals surface area contributed by atoms with Crippen molar-refractivity contribution in [2.24, 2.45) is 5.92 Å². The molecule has 7 rings (SSSR count). The number of allylic oxidation sites excluding steroid dienone is 2. The van der Waals surface area contributed by atoms with Gasteiger partial charge in [0.05, 0.1) is 8.07 Å². The van der Waals surface area contributed by atoms with Crippen molar-refractivity contribution in [2.75, 3.05) is 0 Å². The van der Waals surface area contributed by atoms with Gasteiger partial charge in [-0.15, -0.1) is 11.3 Å². The maximum absolute atomic E-state index is 2.51. The summed E-state index contributed by atoms with van der Waals surface area (Å²) in [5.74, 6) is 1.27. The van der Waals surface area contributed by atoms with Crippen LogP contribution in [-0.2, 0) is 24.7 Å². The summed E-state index contributed by atoms with van der Waals surface area (Å²) < 4.78 is 0.636. The van der Waals surface area contributed by atoms with Gasteiger partial charge in [-0.05, 0) is 29.1 Å². The molecule has 2 aromatic carbocycles. The molecule has 5 heteroatoms. The average molecular weight is 644 g/mol. The second-order valence-corrected chi connectivity index (χ2v) is 18.2. The summed E-state index contributed by atoms with van der Waals surface area (Å²) in [7, 11) is -0.972. The molecule has 37 heavy (non-hydrogen) atoms. The SMILES string of the molecule is CC1=C2c3sccc3C1[Si]2(C)C.CCC(C)c1ccc(-c2cccc3c2C=C(C(C)C)[CH]3[Zr+2])cc1.[Cl-].[Cl-]. The zero-order valence-corrected chi connectivity index (χ0v) is 28.7. The average Bonchev–Trinajstić information content (AvgIpc) is 3.55. The first-order chi connectivity index (χ1) is 16.7.